The zero-order valence-electron chi connectivity index (χ0n) is 8.51. The van der Waals surface area contributed by atoms with Crippen LogP contribution < -0.4 is 5.32 Å². The standard InChI is InChI=1S/C9H5BrF3N3S2/c10-6-2-1-4(3-5(6)9(11,12)13)14-7-15-16-8(17)18-7/h1-3H,(H,14,15)(H,16,17). The van der Waals surface area contributed by atoms with Gasteiger partial charge in [-0.25, -0.2) is 0 Å². The minimum atomic E-state index is -4.41. The summed E-state index contributed by atoms with van der Waals surface area (Å²) in [5, 5.41) is 9.51. The SMILES string of the molecule is FC(F)(F)c1cc(Nc2n[nH]c(=S)s2)ccc1Br. The third kappa shape index (κ3) is 3.09. The van der Waals surface area contributed by atoms with Crippen molar-refractivity contribution in [2.45, 2.75) is 6.18 Å². The van der Waals surface area contributed by atoms with E-state index >= 15 is 0 Å². The van der Waals surface area contributed by atoms with Gasteiger partial charge in [-0.3, -0.25) is 5.10 Å². The van der Waals surface area contributed by atoms with E-state index in [2.05, 4.69) is 31.4 Å². The molecular formula is C9H5BrF3N3S2. The predicted molar refractivity (Wildman–Crippen MR) is 69.7 cm³/mol. The highest BCUT2D eigenvalue weighted by atomic mass is 79.9. The average molecular weight is 356 g/mol. The van der Waals surface area contributed by atoms with E-state index in [0.29, 0.717) is 14.8 Å². The number of anilines is 2. The van der Waals surface area contributed by atoms with Gasteiger partial charge < -0.3 is 5.32 Å². The first-order valence-corrected chi connectivity index (χ1v) is 6.57. The summed E-state index contributed by atoms with van der Waals surface area (Å²) in [6, 6.07) is 3.86. The second-order valence-electron chi connectivity index (χ2n) is 3.24. The fourth-order valence-corrected chi connectivity index (χ4v) is 2.51. The van der Waals surface area contributed by atoms with Gasteiger partial charge in [-0.05, 0) is 30.4 Å². The molecule has 0 aliphatic heterocycles. The number of benzene rings is 1. The van der Waals surface area contributed by atoms with Crippen molar-refractivity contribution in [3.05, 3.63) is 32.2 Å². The van der Waals surface area contributed by atoms with Gasteiger partial charge in [-0.15, -0.1) is 5.10 Å². The maximum Gasteiger partial charge on any atom is 0.417 e. The number of hydrogen-bond acceptors (Lipinski definition) is 4. The van der Waals surface area contributed by atoms with Crippen molar-refractivity contribution in [1.29, 1.82) is 0 Å². The Hall–Kier alpha value is -0.930. The Bertz CT molecular complexity index is 620. The van der Waals surface area contributed by atoms with Crippen LogP contribution in [0.4, 0.5) is 24.0 Å². The number of rotatable bonds is 2. The molecule has 0 aliphatic rings. The Morgan fingerprint density at radius 2 is 2.11 bits per heavy atom. The summed E-state index contributed by atoms with van der Waals surface area (Å²) in [6.07, 6.45) is -4.41. The molecule has 0 spiro atoms. The largest absolute Gasteiger partial charge is 0.417 e. The molecule has 18 heavy (non-hydrogen) atoms. The molecule has 0 aliphatic carbocycles. The second-order valence-corrected chi connectivity index (χ2v) is 5.76. The highest BCUT2D eigenvalue weighted by molar-refractivity contribution is 9.10. The molecule has 1 aromatic carbocycles. The van der Waals surface area contributed by atoms with Crippen LogP contribution in [0.15, 0.2) is 22.7 Å². The van der Waals surface area contributed by atoms with Gasteiger partial charge in [0.1, 0.15) is 0 Å². The van der Waals surface area contributed by atoms with Crippen molar-refractivity contribution in [3.8, 4) is 0 Å². The van der Waals surface area contributed by atoms with Gasteiger partial charge in [0.05, 0.1) is 5.56 Å². The van der Waals surface area contributed by atoms with Gasteiger partial charge in [-0.1, -0.05) is 27.3 Å². The minimum absolute atomic E-state index is 0.00444. The van der Waals surface area contributed by atoms with Crippen molar-refractivity contribution in [2.24, 2.45) is 0 Å². The maximum atomic E-state index is 12.7. The summed E-state index contributed by atoms with van der Waals surface area (Å²) >= 11 is 8.84. The monoisotopic (exact) mass is 355 g/mol. The Morgan fingerprint density at radius 1 is 1.39 bits per heavy atom. The smallest absolute Gasteiger partial charge is 0.330 e. The molecule has 0 unspecified atom stereocenters. The van der Waals surface area contributed by atoms with E-state index in [4.69, 9.17) is 12.2 Å². The van der Waals surface area contributed by atoms with E-state index in [1.807, 2.05) is 0 Å². The lowest BCUT2D eigenvalue weighted by Gasteiger charge is -2.11. The Labute approximate surface area is 117 Å². The number of halogens is 4. The lowest BCUT2D eigenvalue weighted by Crippen LogP contribution is -2.06. The van der Waals surface area contributed by atoms with E-state index in [1.165, 1.54) is 12.1 Å². The fraction of sp³-hybridized carbons (Fsp3) is 0.111. The third-order valence-electron chi connectivity index (χ3n) is 1.96. The topological polar surface area (TPSA) is 40.7 Å². The molecule has 96 valence electrons. The van der Waals surface area contributed by atoms with Gasteiger partial charge in [0, 0.05) is 10.2 Å². The van der Waals surface area contributed by atoms with E-state index in [1.54, 1.807) is 0 Å². The van der Waals surface area contributed by atoms with E-state index in [9.17, 15) is 13.2 Å². The number of nitrogens with one attached hydrogen (secondary N) is 2. The van der Waals surface area contributed by atoms with Crippen LogP contribution in [0, 0.1) is 3.95 Å². The number of nitrogens with zero attached hydrogens (tertiary/aromatic N) is 1. The lowest BCUT2D eigenvalue weighted by molar-refractivity contribution is -0.138. The number of alkyl halides is 3. The van der Waals surface area contributed by atoms with Crippen molar-refractivity contribution in [1.82, 2.24) is 10.2 Å². The molecule has 0 amide bonds. The van der Waals surface area contributed by atoms with Crippen LogP contribution in [-0.2, 0) is 6.18 Å². The van der Waals surface area contributed by atoms with Gasteiger partial charge in [0.25, 0.3) is 0 Å². The average Bonchev–Trinajstić information content (AvgIpc) is 2.65. The van der Waals surface area contributed by atoms with Crippen LogP contribution in [0.1, 0.15) is 5.56 Å². The number of aromatic amines is 1. The Morgan fingerprint density at radius 3 is 2.67 bits per heavy atom. The highest BCUT2D eigenvalue weighted by Crippen LogP contribution is 2.36. The van der Waals surface area contributed by atoms with E-state index < -0.39 is 11.7 Å². The summed E-state index contributed by atoms with van der Waals surface area (Å²) in [5.74, 6) is 0. The van der Waals surface area contributed by atoms with Crippen molar-refractivity contribution < 1.29 is 13.2 Å². The lowest BCUT2D eigenvalue weighted by atomic mass is 10.2. The molecule has 2 N–H and O–H groups in total. The van der Waals surface area contributed by atoms with Crippen LogP contribution in [0.5, 0.6) is 0 Å². The molecular weight excluding hydrogens is 351 g/mol. The van der Waals surface area contributed by atoms with Crippen molar-refractivity contribution in [2.75, 3.05) is 5.32 Å². The summed E-state index contributed by atoms with van der Waals surface area (Å²) in [4.78, 5) is 0. The van der Waals surface area contributed by atoms with Crippen LogP contribution in [-0.4, -0.2) is 10.2 Å². The third-order valence-corrected chi connectivity index (χ3v) is 3.66. The van der Waals surface area contributed by atoms with Crippen LogP contribution in [0.25, 0.3) is 0 Å². The highest BCUT2D eigenvalue weighted by Gasteiger charge is 2.33. The molecule has 9 heteroatoms. The molecule has 0 saturated heterocycles. The van der Waals surface area contributed by atoms with Crippen molar-refractivity contribution in [3.63, 3.8) is 0 Å². The Kier molecular flexibility index (Phi) is 3.74. The molecule has 0 saturated carbocycles. The minimum Gasteiger partial charge on any atom is -0.330 e. The molecule has 2 rings (SSSR count). The summed E-state index contributed by atoms with van der Waals surface area (Å²) in [6.45, 7) is 0. The van der Waals surface area contributed by atoms with Crippen LogP contribution >= 0.6 is 39.5 Å². The zero-order valence-corrected chi connectivity index (χ0v) is 11.7. The summed E-state index contributed by atoms with van der Waals surface area (Å²) in [7, 11) is 0. The van der Waals surface area contributed by atoms with Crippen LogP contribution in [0.2, 0.25) is 0 Å². The van der Waals surface area contributed by atoms with Gasteiger partial charge >= 0.3 is 6.18 Å². The number of hydrogen-bond donors (Lipinski definition) is 2. The molecule has 0 fully saturated rings. The van der Waals surface area contributed by atoms with Gasteiger partial charge in [0.15, 0.2) is 3.95 Å². The number of aromatic nitrogens is 2. The Balaban J connectivity index is 2.33. The van der Waals surface area contributed by atoms with E-state index in [0.717, 1.165) is 17.4 Å². The molecule has 3 nitrogen and oxygen atoms in total. The molecule has 1 aromatic heterocycles. The van der Waals surface area contributed by atoms with Gasteiger partial charge in [-0.2, -0.15) is 13.2 Å². The molecule has 0 radical (unpaired) electrons. The first-order chi connectivity index (χ1) is 8.36. The van der Waals surface area contributed by atoms with Gasteiger partial charge in [0.2, 0.25) is 5.13 Å². The maximum absolute atomic E-state index is 12.7. The molecule has 1 heterocycles. The number of H-pyrrole nitrogens is 1. The molecule has 0 atom stereocenters. The summed E-state index contributed by atoms with van der Waals surface area (Å²) < 4.78 is 38.5. The second kappa shape index (κ2) is 4.98. The van der Waals surface area contributed by atoms with Crippen molar-refractivity contribution >= 4 is 50.3 Å². The van der Waals surface area contributed by atoms with Crippen LogP contribution in [0.3, 0.4) is 0 Å². The first-order valence-electron chi connectivity index (χ1n) is 4.55. The first kappa shape index (κ1) is 13.5. The molecule has 2 aromatic rings. The quantitative estimate of drug-likeness (QED) is 0.765. The fourth-order valence-electron chi connectivity index (χ4n) is 1.23. The predicted octanol–water partition coefficient (Wildman–Crippen LogP) is 4.73. The normalized spacial score (nSPS) is 11.6. The summed E-state index contributed by atoms with van der Waals surface area (Å²) in [5.41, 5.74) is -0.449. The molecule has 0 bridgehead atoms. The zero-order chi connectivity index (χ0) is 13.3. The van der Waals surface area contributed by atoms with E-state index in [-0.39, 0.29) is 4.47 Å².